The summed E-state index contributed by atoms with van der Waals surface area (Å²) in [6.45, 7) is 0. The fraction of sp³-hybridized carbons (Fsp3) is 0. The summed E-state index contributed by atoms with van der Waals surface area (Å²) in [5.74, 6) is -2.51. The van der Waals surface area contributed by atoms with E-state index in [0.29, 0.717) is 12.2 Å². The maximum atomic E-state index is 9.55. The third kappa shape index (κ3) is 36.4. The Morgan fingerprint density at radius 1 is 1.00 bits per heavy atom. The molecule has 0 aromatic carbocycles. The molecule has 4 N–H and O–H groups in total. The topological polar surface area (TPSA) is 132 Å². The standard InChI is InChI=1S/C4H4O4.H2O3Se/c5-3(6)1-2-4(7)8;1-4(2)3/h1-2H,(H,5,6)(H,7,8);(H2,1,2,3)/b2-1+;. The van der Waals surface area contributed by atoms with Crippen molar-refractivity contribution in [3.8, 4) is 0 Å². The molecule has 8 heteroatoms. The molecule has 0 aliphatic heterocycles. The summed E-state index contributed by atoms with van der Waals surface area (Å²) in [7, 11) is 0. The number of rotatable bonds is 2. The van der Waals surface area contributed by atoms with Crippen LogP contribution in [-0.2, 0) is 13.4 Å². The summed E-state index contributed by atoms with van der Waals surface area (Å²) in [6.07, 6.45) is 1.12. The zero-order chi connectivity index (χ0) is 10.1. The molecule has 0 atom stereocenters. The van der Waals surface area contributed by atoms with Gasteiger partial charge in [0.1, 0.15) is 0 Å². The van der Waals surface area contributed by atoms with Gasteiger partial charge in [0, 0.05) is 12.2 Å². The summed E-state index contributed by atoms with van der Waals surface area (Å²) < 4.78 is 23.1. The molecule has 12 heavy (non-hydrogen) atoms. The molecule has 0 aromatic heterocycles. The number of hydrogen-bond acceptors (Lipinski definition) is 3. The molecular weight excluding hydrogens is 239 g/mol. The molecule has 0 amide bonds. The van der Waals surface area contributed by atoms with Gasteiger partial charge in [-0.25, -0.2) is 9.59 Å². The van der Waals surface area contributed by atoms with Gasteiger partial charge < -0.3 is 10.2 Å². The number of carboxylic acids is 2. The Kier molecular flexibility index (Phi) is 9.03. The Morgan fingerprint density at radius 2 is 1.17 bits per heavy atom. The van der Waals surface area contributed by atoms with Gasteiger partial charge in [0.2, 0.25) is 0 Å². The first-order chi connectivity index (χ1) is 5.36. The number of hydrogen-bond donors (Lipinski definition) is 4. The zero-order valence-corrected chi connectivity index (χ0v) is 7.29. The zero-order valence-electron chi connectivity index (χ0n) is 5.58. The van der Waals surface area contributed by atoms with Crippen molar-refractivity contribution in [2.24, 2.45) is 0 Å². The van der Waals surface area contributed by atoms with Crippen LogP contribution in [0, 0.1) is 0 Å². The normalized spacial score (nSPS) is 9.25. The fourth-order valence-corrected chi connectivity index (χ4v) is 0.143. The van der Waals surface area contributed by atoms with Crippen LogP contribution in [-0.4, -0.2) is 45.0 Å². The Balaban J connectivity index is 0. The van der Waals surface area contributed by atoms with E-state index >= 15 is 0 Å². The van der Waals surface area contributed by atoms with Crippen molar-refractivity contribution in [2.45, 2.75) is 0 Å². The quantitative estimate of drug-likeness (QED) is 0.330. The van der Waals surface area contributed by atoms with E-state index in [1.165, 1.54) is 0 Å². The van der Waals surface area contributed by atoms with Gasteiger partial charge in [-0.1, -0.05) is 0 Å². The third-order valence-electron chi connectivity index (χ3n) is 0.368. The van der Waals surface area contributed by atoms with E-state index in [4.69, 9.17) is 22.4 Å². The molecule has 0 aromatic rings. The summed E-state index contributed by atoms with van der Waals surface area (Å²) in [5.41, 5.74) is 0. The number of carbonyl (C=O) groups is 2. The van der Waals surface area contributed by atoms with E-state index in [-0.39, 0.29) is 0 Å². The van der Waals surface area contributed by atoms with Crippen LogP contribution in [0.15, 0.2) is 12.2 Å². The van der Waals surface area contributed by atoms with Crippen molar-refractivity contribution < 1.29 is 32.0 Å². The minimum atomic E-state index is -3.29. The molecule has 0 heterocycles. The molecule has 0 radical (unpaired) electrons. The van der Waals surface area contributed by atoms with Gasteiger partial charge in [-0.05, 0) is 0 Å². The first-order valence-corrected chi connectivity index (χ1v) is 4.53. The molecule has 0 fully saturated rings. The van der Waals surface area contributed by atoms with Gasteiger partial charge in [-0.2, -0.15) is 0 Å². The van der Waals surface area contributed by atoms with E-state index in [2.05, 4.69) is 0 Å². The second-order valence-electron chi connectivity index (χ2n) is 1.24. The van der Waals surface area contributed by atoms with Crippen LogP contribution in [0.25, 0.3) is 0 Å². The molecule has 0 saturated carbocycles. The van der Waals surface area contributed by atoms with E-state index in [9.17, 15) is 9.59 Å². The first kappa shape index (κ1) is 13.5. The molecule has 0 saturated heterocycles. The van der Waals surface area contributed by atoms with Crippen LogP contribution < -0.4 is 0 Å². The Morgan fingerprint density at radius 3 is 1.25 bits per heavy atom. The van der Waals surface area contributed by atoms with Crippen LogP contribution in [0.3, 0.4) is 0 Å². The summed E-state index contributed by atoms with van der Waals surface area (Å²) in [6, 6.07) is 0. The molecule has 0 rings (SSSR count). The summed E-state index contributed by atoms with van der Waals surface area (Å²) in [5, 5.41) is 15.6. The fourth-order valence-electron chi connectivity index (χ4n) is 0.143. The molecule has 0 bridgehead atoms. The molecule has 0 unspecified atom stereocenters. The van der Waals surface area contributed by atoms with E-state index in [1.54, 1.807) is 0 Å². The molecular formula is C4H6O7Se. The number of carboxylic acid groups (broad SMARTS) is 2. The van der Waals surface area contributed by atoms with Crippen LogP contribution in [0.1, 0.15) is 0 Å². The minimum absolute atomic E-state index is 0.558. The SMILES string of the molecule is O=C(O)/C=C/C(=O)O.O=[Se](O)O. The van der Waals surface area contributed by atoms with Crippen molar-refractivity contribution >= 4 is 26.4 Å². The van der Waals surface area contributed by atoms with Crippen LogP contribution in [0.5, 0.6) is 0 Å². The third-order valence-corrected chi connectivity index (χ3v) is 0.368. The van der Waals surface area contributed by atoms with E-state index < -0.39 is 26.4 Å². The summed E-state index contributed by atoms with van der Waals surface area (Å²) in [4.78, 5) is 19.1. The first-order valence-electron chi connectivity index (χ1n) is 2.30. The Bertz CT molecular complexity index is 187. The van der Waals surface area contributed by atoms with Gasteiger partial charge in [-0.3, -0.25) is 0 Å². The van der Waals surface area contributed by atoms with E-state index in [0.717, 1.165) is 0 Å². The van der Waals surface area contributed by atoms with Crippen LogP contribution in [0.4, 0.5) is 0 Å². The van der Waals surface area contributed by atoms with Gasteiger partial charge in [-0.15, -0.1) is 0 Å². The van der Waals surface area contributed by atoms with Gasteiger partial charge in [0.05, 0.1) is 0 Å². The maximum absolute atomic E-state index is 9.55. The Hall–Kier alpha value is -1.08. The molecule has 0 spiro atoms. The van der Waals surface area contributed by atoms with Crippen molar-refractivity contribution in [1.82, 2.24) is 0 Å². The molecule has 70 valence electrons. The van der Waals surface area contributed by atoms with Crippen LogP contribution in [0.2, 0.25) is 0 Å². The van der Waals surface area contributed by atoms with Crippen molar-refractivity contribution in [3.05, 3.63) is 12.2 Å². The molecule has 7 nitrogen and oxygen atoms in total. The van der Waals surface area contributed by atoms with Crippen molar-refractivity contribution in [1.29, 1.82) is 0 Å². The summed E-state index contributed by atoms with van der Waals surface area (Å²) >= 11 is -3.29. The van der Waals surface area contributed by atoms with Crippen LogP contribution >= 0.6 is 0 Å². The van der Waals surface area contributed by atoms with Crippen molar-refractivity contribution in [2.75, 3.05) is 0 Å². The monoisotopic (exact) mass is 246 g/mol. The van der Waals surface area contributed by atoms with Gasteiger partial charge in [0.15, 0.2) is 0 Å². The predicted octanol–water partition coefficient (Wildman–Crippen LogP) is -1.90. The molecule has 0 aliphatic rings. The second-order valence-corrected chi connectivity index (χ2v) is 2.21. The Labute approximate surface area is 71.3 Å². The predicted molar refractivity (Wildman–Crippen MR) is 35.3 cm³/mol. The van der Waals surface area contributed by atoms with E-state index in [1.807, 2.05) is 0 Å². The second kappa shape index (κ2) is 8.02. The van der Waals surface area contributed by atoms with Crippen molar-refractivity contribution in [3.63, 3.8) is 0 Å². The van der Waals surface area contributed by atoms with Gasteiger partial charge >= 0.3 is 38.6 Å². The molecule has 0 aliphatic carbocycles. The van der Waals surface area contributed by atoms with Gasteiger partial charge in [0.25, 0.3) is 0 Å². The number of aliphatic carboxylic acids is 2. The average Bonchev–Trinajstić information content (AvgIpc) is 1.82. The average molecular weight is 245 g/mol.